The number of carboxylic acid groups (broad SMARTS) is 1. The van der Waals surface area contributed by atoms with Crippen LogP contribution >= 0.6 is 34.5 Å². The van der Waals surface area contributed by atoms with Gasteiger partial charge in [0, 0.05) is 16.5 Å². The van der Waals surface area contributed by atoms with E-state index in [0.29, 0.717) is 21.5 Å². The maximum absolute atomic E-state index is 11.9. The molecule has 110 valence electrons. The Kier molecular flexibility index (Phi) is 5.17. The van der Waals surface area contributed by atoms with Crippen molar-refractivity contribution in [3.8, 4) is 5.75 Å². The van der Waals surface area contributed by atoms with Gasteiger partial charge in [-0.1, -0.05) is 23.2 Å². The minimum absolute atomic E-state index is 0.199. The van der Waals surface area contributed by atoms with Crippen LogP contribution in [-0.2, 0) is 11.2 Å². The molecule has 1 aromatic heterocycles. The minimum Gasteiger partial charge on any atom is -0.484 e. The number of hydrogen-bond acceptors (Lipinski definition) is 5. The molecule has 0 spiro atoms. The van der Waals surface area contributed by atoms with Gasteiger partial charge in [0.25, 0.3) is 0 Å². The van der Waals surface area contributed by atoms with Crippen molar-refractivity contribution in [3.05, 3.63) is 44.3 Å². The van der Waals surface area contributed by atoms with Gasteiger partial charge in [-0.25, -0.2) is 4.98 Å². The fourth-order valence-electron chi connectivity index (χ4n) is 1.46. The first kappa shape index (κ1) is 15.8. The largest absolute Gasteiger partial charge is 0.484 e. The van der Waals surface area contributed by atoms with Crippen LogP contribution in [0, 0.1) is 0 Å². The molecule has 8 heteroatoms. The number of thiazole rings is 1. The van der Waals surface area contributed by atoms with Crippen molar-refractivity contribution >= 4 is 46.3 Å². The van der Waals surface area contributed by atoms with Crippen molar-refractivity contribution in [2.24, 2.45) is 0 Å². The van der Waals surface area contributed by atoms with Gasteiger partial charge in [0.1, 0.15) is 5.75 Å². The van der Waals surface area contributed by atoms with Gasteiger partial charge in [-0.3, -0.25) is 9.59 Å². The number of aromatic nitrogens is 1. The Morgan fingerprint density at radius 2 is 2.10 bits per heavy atom. The molecule has 0 aliphatic heterocycles. The number of nitrogens with zero attached hydrogens (tertiary/aromatic N) is 1. The van der Waals surface area contributed by atoms with Crippen LogP contribution in [0.15, 0.2) is 23.6 Å². The fourth-order valence-corrected chi connectivity index (χ4v) is 2.54. The zero-order valence-electron chi connectivity index (χ0n) is 10.5. The number of rotatable bonds is 6. The molecule has 2 rings (SSSR count). The van der Waals surface area contributed by atoms with Crippen LogP contribution in [0.25, 0.3) is 0 Å². The Morgan fingerprint density at radius 1 is 1.33 bits per heavy atom. The van der Waals surface area contributed by atoms with Crippen LogP contribution in [0.5, 0.6) is 5.75 Å². The van der Waals surface area contributed by atoms with E-state index in [1.807, 2.05) is 0 Å². The van der Waals surface area contributed by atoms with Gasteiger partial charge < -0.3 is 9.84 Å². The lowest BCUT2D eigenvalue weighted by atomic mass is 10.3. The number of carbonyl (C=O) groups is 2. The topological polar surface area (TPSA) is 76.5 Å². The number of ether oxygens (including phenoxy) is 1. The summed E-state index contributed by atoms with van der Waals surface area (Å²) in [4.78, 5) is 26.4. The zero-order chi connectivity index (χ0) is 15.4. The Morgan fingerprint density at radius 3 is 2.81 bits per heavy atom. The van der Waals surface area contributed by atoms with E-state index in [2.05, 4.69) is 4.98 Å². The van der Waals surface area contributed by atoms with Gasteiger partial charge in [0.15, 0.2) is 11.6 Å². The molecule has 0 aliphatic rings. The molecule has 0 radical (unpaired) electrons. The van der Waals surface area contributed by atoms with Crippen molar-refractivity contribution in [2.45, 2.75) is 6.42 Å². The van der Waals surface area contributed by atoms with Crippen LogP contribution in [-0.4, -0.2) is 28.4 Å². The van der Waals surface area contributed by atoms with Crippen LogP contribution in [0.2, 0.25) is 10.0 Å². The average Bonchev–Trinajstić information content (AvgIpc) is 2.87. The second-order valence-corrected chi connectivity index (χ2v) is 5.70. The Bertz CT molecular complexity index is 687. The Balaban J connectivity index is 2.00. The molecule has 0 saturated heterocycles. The smallest absolute Gasteiger partial charge is 0.309 e. The molecule has 1 N–H and O–H groups in total. The second-order valence-electron chi connectivity index (χ2n) is 4.00. The molecular weight excluding hydrogens is 337 g/mol. The summed E-state index contributed by atoms with van der Waals surface area (Å²) in [5.74, 6) is -1.05. The third-order valence-electron chi connectivity index (χ3n) is 2.37. The van der Waals surface area contributed by atoms with E-state index in [4.69, 9.17) is 33.0 Å². The average molecular weight is 346 g/mol. The zero-order valence-corrected chi connectivity index (χ0v) is 12.8. The molecule has 0 bridgehead atoms. The third-order valence-corrected chi connectivity index (χ3v) is 3.85. The summed E-state index contributed by atoms with van der Waals surface area (Å²) >= 11 is 12.8. The van der Waals surface area contributed by atoms with Crippen LogP contribution in [0.3, 0.4) is 0 Å². The van der Waals surface area contributed by atoms with E-state index in [0.717, 1.165) is 11.3 Å². The molecule has 0 amide bonds. The first-order chi connectivity index (χ1) is 9.95. The molecule has 2 aromatic rings. The van der Waals surface area contributed by atoms with Crippen molar-refractivity contribution in [2.75, 3.05) is 6.61 Å². The van der Waals surface area contributed by atoms with E-state index in [-0.39, 0.29) is 23.8 Å². The summed E-state index contributed by atoms with van der Waals surface area (Å²) in [5.41, 5.74) is 0.344. The highest BCUT2D eigenvalue weighted by atomic mass is 35.5. The van der Waals surface area contributed by atoms with Crippen LogP contribution in [0.1, 0.15) is 15.5 Å². The van der Waals surface area contributed by atoms with Gasteiger partial charge in [-0.05, 0) is 12.1 Å². The molecule has 5 nitrogen and oxygen atoms in total. The molecule has 0 fully saturated rings. The fraction of sp³-hybridized carbons (Fsp3) is 0.154. The van der Waals surface area contributed by atoms with E-state index in [1.165, 1.54) is 11.4 Å². The summed E-state index contributed by atoms with van der Waals surface area (Å²) in [6.07, 6.45) is -0.218. The SMILES string of the molecule is O=C(O)Cc1csc(C(=O)COc2cc(Cl)ccc2Cl)n1. The first-order valence-corrected chi connectivity index (χ1v) is 7.36. The number of halogens is 2. The highest BCUT2D eigenvalue weighted by molar-refractivity contribution is 7.11. The number of ketones is 1. The summed E-state index contributed by atoms with van der Waals surface area (Å²) in [5, 5.41) is 11.2. The van der Waals surface area contributed by atoms with Gasteiger partial charge >= 0.3 is 5.97 Å². The monoisotopic (exact) mass is 345 g/mol. The van der Waals surface area contributed by atoms with Crippen molar-refractivity contribution in [1.82, 2.24) is 4.98 Å². The molecule has 0 unspecified atom stereocenters. The first-order valence-electron chi connectivity index (χ1n) is 5.73. The lowest BCUT2D eigenvalue weighted by molar-refractivity contribution is -0.136. The Hall–Kier alpha value is -1.63. The molecule has 1 heterocycles. The number of Topliss-reactive ketones (excluding diaryl/α,β-unsaturated/α-hetero) is 1. The van der Waals surface area contributed by atoms with Gasteiger partial charge in [-0.2, -0.15) is 0 Å². The van der Waals surface area contributed by atoms with Gasteiger partial charge in [0.05, 0.1) is 17.1 Å². The summed E-state index contributed by atoms with van der Waals surface area (Å²) in [6.45, 7) is -0.250. The number of benzene rings is 1. The number of aliphatic carboxylic acids is 1. The molecule has 0 aliphatic carbocycles. The second kappa shape index (κ2) is 6.89. The van der Waals surface area contributed by atoms with Crippen LogP contribution < -0.4 is 4.74 Å². The highest BCUT2D eigenvalue weighted by Crippen LogP contribution is 2.27. The van der Waals surface area contributed by atoms with Gasteiger partial charge in [0.2, 0.25) is 5.78 Å². The van der Waals surface area contributed by atoms with Crippen LogP contribution in [0.4, 0.5) is 0 Å². The molecule has 0 saturated carbocycles. The molecule has 21 heavy (non-hydrogen) atoms. The maximum Gasteiger partial charge on any atom is 0.309 e. The lowest BCUT2D eigenvalue weighted by Gasteiger charge is -2.06. The summed E-state index contributed by atoms with van der Waals surface area (Å²) in [7, 11) is 0. The summed E-state index contributed by atoms with van der Waals surface area (Å²) < 4.78 is 5.31. The van der Waals surface area contributed by atoms with E-state index in [9.17, 15) is 9.59 Å². The maximum atomic E-state index is 11.9. The number of hydrogen-bond donors (Lipinski definition) is 1. The predicted octanol–water partition coefficient (Wildman–Crippen LogP) is 3.34. The number of carbonyl (C=O) groups excluding carboxylic acids is 1. The van der Waals surface area contributed by atoms with E-state index >= 15 is 0 Å². The lowest BCUT2D eigenvalue weighted by Crippen LogP contribution is -2.12. The minimum atomic E-state index is -0.999. The highest BCUT2D eigenvalue weighted by Gasteiger charge is 2.14. The normalized spacial score (nSPS) is 10.4. The number of carboxylic acids is 1. The molecule has 1 aromatic carbocycles. The van der Waals surface area contributed by atoms with Gasteiger partial charge in [-0.15, -0.1) is 11.3 Å². The van der Waals surface area contributed by atoms with E-state index < -0.39 is 5.97 Å². The third kappa shape index (κ3) is 4.42. The van der Waals surface area contributed by atoms with Crippen molar-refractivity contribution in [1.29, 1.82) is 0 Å². The predicted molar refractivity (Wildman–Crippen MR) is 79.7 cm³/mol. The van der Waals surface area contributed by atoms with E-state index in [1.54, 1.807) is 12.1 Å². The molecular formula is C13H9Cl2NO4S. The van der Waals surface area contributed by atoms with Crippen molar-refractivity contribution in [3.63, 3.8) is 0 Å². The van der Waals surface area contributed by atoms with Crippen molar-refractivity contribution < 1.29 is 19.4 Å². The standard InChI is InChI=1S/C13H9Cl2NO4S/c14-7-1-2-9(15)11(3-7)20-5-10(17)13-16-8(6-21-13)4-12(18)19/h1-3,6H,4-5H2,(H,18,19). The molecule has 0 atom stereocenters. The summed E-state index contributed by atoms with van der Waals surface area (Å²) in [6, 6.07) is 4.69. The Labute approximate surface area is 134 Å². The quantitative estimate of drug-likeness (QED) is 0.812.